The van der Waals surface area contributed by atoms with E-state index in [9.17, 15) is 9.59 Å². The molecule has 0 aromatic carbocycles. The first-order chi connectivity index (χ1) is 7.24. The van der Waals surface area contributed by atoms with Crippen molar-refractivity contribution in [1.82, 2.24) is 5.32 Å². The van der Waals surface area contributed by atoms with Crippen LogP contribution in [-0.2, 0) is 9.53 Å². The summed E-state index contributed by atoms with van der Waals surface area (Å²) in [6.45, 7) is 5.51. The molecule has 0 saturated heterocycles. The van der Waals surface area contributed by atoms with Crippen LogP contribution in [0.4, 0.5) is 4.79 Å². The van der Waals surface area contributed by atoms with Crippen molar-refractivity contribution in [1.29, 1.82) is 0 Å². The Labute approximate surface area is 94.2 Å². The number of hydrogen-bond donors (Lipinski definition) is 2. The highest BCUT2D eigenvalue weighted by molar-refractivity contribution is 5.84. The summed E-state index contributed by atoms with van der Waals surface area (Å²) in [7, 11) is 0. The lowest BCUT2D eigenvalue weighted by Gasteiger charge is -2.34. The topological polar surface area (TPSA) is 75.6 Å². The van der Waals surface area contributed by atoms with E-state index < -0.39 is 11.7 Å². The van der Waals surface area contributed by atoms with Gasteiger partial charge in [-0.3, -0.25) is 4.79 Å². The van der Waals surface area contributed by atoms with E-state index in [0.29, 0.717) is 6.42 Å². The summed E-state index contributed by atoms with van der Waals surface area (Å²) in [6.07, 6.45) is 0.320. The van der Waals surface area contributed by atoms with Gasteiger partial charge in [0.25, 0.3) is 0 Å². The van der Waals surface area contributed by atoms with Crippen molar-refractivity contribution in [2.75, 3.05) is 0 Å². The van der Waals surface area contributed by atoms with Gasteiger partial charge in [-0.15, -0.1) is 0 Å². The van der Waals surface area contributed by atoms with Crippen LogP contribution >= 0.6 is 0 Å². The van der Waals surface area contributed by atoms with Crippen LogP contribution in [0.3, 0.4) is 0 Å². The second-order valence-electron chi connectivity index (χ2n) is 5.73. The lowest BCUT2D eigenvalue weighted by atomic mass is 9.80. The van der Waals surface area contributed by atoms with Gasteiger partial charge < -0.3 is 15.2 Å². The second-order valence-corrected chi connectivity index (χ2v) is 5.73. The molecule has 90 valence electrons. The maximum absolute atomic E-state index is 11.8. The Hall–Kier alpha value is -1.26. The Balaban J connectivity index is 1.88. The van der Waals surface area contributed by atoms with E-state index in [2.05, 4.69) is 5.32 Å². The summed E-state index contributed by atoms with van der Waals surface area (Å²) in [4.78, 5) is 22.3. The Morgan fingerprint density at radius 2 is 2.00 bits per heavy atom. The summed E-state index contributed by atoms with van der Waals surface area (Å²) in [5, 5.41) is 11.0. The minimum atomic E-state index is -1.02. The van der Waals surface area contributed by atoms with Gasteiger partial charge in [0.15, 0.2) is 0 Å². The predicted molar refractivity (Wildman–Crippen MR) is 56.0 cm³/mol. The van der Waals surface area contributed by atoms with E-state index in [1.165, 1.54) is 0 Å². The molecule has 2 aliphatic carbocycles. The van der Waals surface area contributed by atoms with Crippen molar-refractivity contribution >= 4 is 12.1 Å². The molecule has 16 heavy (non-hydrogen) atoms. The average Bonchev–Trinajstić information content (AvgIpc) is 2.65. The minimum Gasteiger partial charge on any atom is -0.465 e. The fraction of sp³-hybridized carbons (Fsp3) is 0.818. The third-order valence-electron chi connectivity index (χ3n) is 3.32. The number of carbonyl (C=O) groups is 2. The van der Waals surface area contributed by atoms with E-state index in [-0.39, 0.29) is 23.3 Å². The quantitative estimate of drug-likeness (QED) is 0.699. The van der Waals surface area contributed by atoms with Gasteiger partial charge in [-0.25, -0.2) is 4.79 Å². The number of esters is 1. The van der Waals surface area contributed by atoms with Crippen LogP contribution in [0.15, 0.2) is 0 Å². The third-order valence-corrected chi connectivity index (χ3v) is 3.32. The van der Waals surface area contributed by atoms with Crippen molar-refractivity contribution in [2.24, 2.45) is 11.3 Å². The number of rotatable bonds is 2. The van der Waals surface area contributed by atoms with Gasteiger partial charge in [0.1, 0.15) is 5.60 Å². The molecule has 0 heterocycles. The van der Waals surface area contributed by atoms with Crippen LogP contribution in [0, 0.1) is 11.3 Å². The normalized spacial score (nSPS) is 35.7. The molecule has 0 spiro atoms. The molecular formula is C11H17NO4. The zero-order valence-electron chi connectivity index (χ0n) is 9.74. The summed E-state index contributed by atoms with van der Waals surface area (Å²) in [6, 6.07) is -0.0648. The maximum Gasteiger partial charge on any atom is 0.404 e. The molecule has 3 atom stereocenters. The number of carbonyl (C=O) groups excluding carboxylic acids is 1. The summed E-state index contributed by atoms with van der Waals surface area (Å²) >= 11 is 0. The van der Waals surface area contributed by atoms with E-state index in [4.69, 9.17) is 9.84 Å². The molecule has 5 heteroatoms. The minimum absolute atomic E-state index is 0.0648. The number of hydrogen-bond acceptors (Lipinski definition) is 3. The molecule has 2 aliphatic rings. The zero-order chi connectivity index (χ0) is 12.1. The monoisotopic (exact) mass is 227 g/mol. The first-order valence-corrected chi connectivity index (χ1v) is 5.47. The first kappa shape index (κ1) is 11.2. The van der Waals surface area contributed by atoms with Crippen LogP contribution in [0.2, 0.25) is 0 Å². The number of amides is 1. The van der Waals surface area contributed by atoms with Crippen LogP contribution in [0.5, 0.6) is 0 Å². The van der Waals surface area contributed by atoms with Crippen LogP contribution in [0.25, 0.3) is 0 Å². The highest BCUT2D eigenvalue weighted by Crippen LogP contribution is 2.68. The van der Waals surface area contributed by atoms with Gasteiger partial charge in [-0.05, 0) is 39.5 Å². The Morgan fingerprint density at radius 1 is 1.38 bits per heavy atom. The molecule has 0 aliphatic heterocycles. The molecule has 1 amide bonds. The molecule has 2 saturated carbocycles. The molecule has 2 N–H and O–H groups in total. The molecule has 5 nitrogen and oxygen atoms in total. The Morgan fingerprint density at radius 3 is 2.44 bits per heavy atom. The van der Waals surface area contributed by atoms with Gasteiger partial charge in [0.2, 0.25) is 0 Å². The molecule has 0 aromatic heterocycles. The molecule has 0 bridgehead atoms. The fourth-order valence-electron chi connectivity index (χ4n) is 2.48. The number of fused-ring (bicyclic) bond motifs is 1. The van der Waals surface area contributed by atoms with E-state index in [1.54, 1.807) is 0 Å². The van der Waals surface area contributed by atoms with Crippen molar-refractivity contribution in [3.63, 3.8) is 0 Å². The molecule has 2 fully saturated rings. The number of ether oxygens (including phenoxy) is 1. The SMILES string of the molecule is CC(C)(C)OC(=O)[C@@]12C[C@H](NC(=O)O)[C@@H]1C2. The predicted octanol–water partition coefficient (Wildman–Crippen LogP) is 1.37. The largest absolute Gasteiger partial charge is 0.465 e. The van der Waals surface area contributed by atoms with Gasteiger partial charge in [-0.1, -0.05) is 0 Å². The number of nitrogens with one attached hydrogen (secondary N) is 1. The van der Waals surface area contributed by atoms with Gasteiger partial charge >= 0.3 is 12.1 Å². The summed E-state index contributed by atoms with van der Waals surface area (Å²) in [5.74, 6) is -0.0214. The van der Waals surface area contributed by atoms with Crippen molar-refractivity contribution in [2.45, 2.75) is 45.3 Å². The Bertz CT molecular complexity index is 346. The Kier molecular flexibility index (Phi) is 2.19. The van der Waals surface area contributed by atoms with Crippen LogP contribution in [-0.4, -0.2) is 28.8 Å². The molecular weight excluding hydrogens is 210 g/mol. The number of carboxylic acid groups (broad SMARTS) is 1. The molecule has 0 unspecified atom stereocenters. The fourth-order valence-corrected chi connectivity index (χ4v) is 2.48. The average molecular weight is 227 g/mol. The van der Waals surface area contributed by atoms with E-state index >= 15 is 0 Å². The standard InChI is InChI=1S/C11H17NO4/c1-10(2,3)16-8(13)11-4-6(11)7(5-11)12-9(14)15/h6-7,12H,4-5H2,1-3H3,(H,14,15)/t6-,7-,11-/m0/s1. The highest BCUT2D eigenvalue weighted by atomic mass is 16.6. The van der Waals surface area contributed by atoms with Gasteiger partial charge in [0, 0.05) is 6.04 Å². The smallest absolute Gasteiger partial charge is 0.404 e. The third kappa shape index (κ3) is 1.74. The lowest BCUT2D eigenvalue weighted by molar-refractivity contribution is -0.166. The summed E-state index contributed by atoms with van der Waals surface area (Å²) in [5.41, 5.74) is -0.843. The highest BCUT2D eigenvalue weighted by Gasteiger charge is 2.73. The molecule has 0 radical (unpaired) electrons. The van der Waals surface area contributed by atoms with Crippen molar-refractivity contribution in [3.05, 3.63) is 0 Å². The molecule has 0 aromatic rings. The maximum atomic E-state index is 11.8. The van der Waals surface area contributed by atoms with Crippen molar-refractivity contribution < 1.29 is 19.4 Å². The van der Waals surface area contributed by atoms with E-state index in [0.717, 1.165) is 6.42 Å². The molecule has 2 rings (SSSR count). The van der Waals surface area contributed by atoms with Gasteiger partial charge in [0.05, 0.1) is 5.41 Å². The second kappa shape index (κ2) is 3.12. The van der Waals surface area contributed by atoms with Gasteiger partial charge in [-0.2, -0.15) is 0 Å². The van der Waals surface area contributed by atoms with Crippen molar-refractivity contribution in [3.8, 4) is 0 Å². The first-order valence-electron chi connectivity index (χ1n) is 5.47. The summed E-state index contributed by atoms with van der Waals surface area (Å²) < 4.78 is 5.33. The zero-order valence-corrected chi connectivity index (χ0v) is 9.74. The lowest BCUT2D eigenvalue weighted by Crippen LogP contribution is -2.49. The van der Waals surface area contributed by atoms with E-state index in [1.807, 2.05) is 20.8 Å². The van der Waals surface area contributed by atoms with Crippen LogP contribution < -0.4 is 5.32 Å². The van der Waals surface area contributed by atoms with Crippen LogP contribution in [0.1, 0.15) is 33.6 Å².